The lowest BCUT2D eigenvalue weighted by atomic mass is 10.2. The third kappa shape index (κ3) is 4.59. The lowest BCUT2D eigenvalue weighted by molar-refractivity contribution is -0.384. The van der Waals surface area contributed by atoms with Gasteiger partial charge in [-0.15, -0.1) is 0 Å². The molecular formula is C15H18N6O2S. The van der Waals surface area contributed by atoms with Crippen LogP contribution in [0.15, 0.2) is 30.3 Å². The number of nitrogens with zero attached hydrogens (tertiary/aromatic N) is 4. The maximum Gasteiger partial charge on any atom is 0.269 e. The van der Waals surface area contributed by atoms with Crippen LogP contribution in [0, 0.1) is 24.0 Å². The summed E-state index contributed by atoms with van der Waals surface area (Å²) in [6.07, 6.45) is 0. The zero-order chi connectivity index (χ0) is 17.7. The number of hydrazine groups is 1. The van der Waals surface area contributed by atoms with Crippen molar-refractivity contribution in [2.45, 2.75) is 20.4 Å². The number of nitrogens with one attached hydrogen (secondary N) is 2. The number of nitro groups is 1. The molecule has 0 aliphatic heterocycles. The van der Waals surface area contributed by atoms with E-state index in [1.165, 1.54) is 12.1 Å². The van der Waals surface area contributed by atoms with Crippen LogP contribution in [-0.2, 0) is 6.54 Å². The number of hydrogen-bond acceptors (Lipinski definition) is 6. The molecule has 0 bridgehead atoms. The minimum absolute atomic E-state index is 0.0478. The van der Waals surface area contributed by atoms with E-state index in [1.54, 1.807) is 24.2 Å². The van der Waals surface area contributed by atoms with E-state index in [4.69, 9.17) is 12.2 Å². The number of thiocarbonyl (C=S) groups is 1. The van der Waals surface area contributed by atoms with Gasteiger partial charge in [0.25, 0.3) is 5.69 Å². The van der Waals surface area contributed by atoms with E-state index in [-0.39, 0.29) is 5.69 Å². The standard InChI is InChI=1S/C15H18N6O2S/c1-10-8-11(2)18-14(17-10)20(19-15(24)16-3)9-12-4-6-13(7-5-12)21(22)23/h4-8H,9H2,1-3H3,(H2,16,19,24). The van der Waals surface area contributed by atoms with Gasteiger partial charge in [-0.2, -0.15) is 0 Å². The fourth-order valence-corrected chi connectivity index (χ4v) is 2.18. The Bertz CT molecular complexity index is 730. The highest BCUT2D eigenvalue weighted by Gasteiger charge is 2.14. The monoisotopic (exact) mass is 346 g/mol. The molecule has 0 fully saturated rings. The van der Waals surface area contributed by atoms with Gasteiger partial charge in [0.05, 0.1) is 11.5 Å². The van der Waals surface area contributed by atoms with Crippen molar-refractivity contribution in [3.63, 3.8) is 0 Å². The first-order chi connectivity index (χ1) is 11.4. The van der Waals surface area contributed by atoms with Crippen LogP contribution in [0.25, 0.3) is 0 Å². The molecule has 126 valence electrons. The molecule has 9 heteroatoms. The second-order valence-electron chi connectivity index (χ2n) is 5.15. The quantitative estimate of drug-likeness (QED) is 0.482. The summed E-state index contributed by atoms with van der Waals surface area (Å²) < 4.78 is 0. The van der Waals surface area contributed by atoms with Crippen LogP contribution in [0.4, 0.5) is 11.6 Å². The number of aromatic nitrogens is 2. The Morgan fingerprint density at radius 1 is 1.25 bits per heavy atom. The molecule has 1 aromatic carbocycles. The molecule has 0 aliphatic rings. The summed E-state index contributed by atoms with van der Waals surface area (Å²) >= 11 is 5.16. The number of non-ortho nitro benzene ring substituents is 1. The van der Waals surface area contributed by atoms with Crippen molar-refractivity contribution in [1.82, 2.24) is 20.7 Å². The van der Waals surface area contributed by atoms with Gasteiger partial charge in [0.1, 0.15) is 0 Å². The van der Waals surface area contributed by atoms with Crippen LogP contribution in [0.1, 0.15) is 17.0 Å². The Kier molecular flexibility index (Phi) is 5.59. The van der Waals surface area contributed by atoms with Gasteiger partial charge in [0.15, 0.2) is 5.11 Å². The number of nitro benzene ring substituents is 1. The smallest absolute Gasteiger partial charge is 0.269 e. The van der Waals surface area contributed by atoms with Gasteiger partial charge in [0, 0.05) is 30.6 Å². The summed E-state index contributed by atoms with van der Waals surface area (Å²) in [6.45, 7) is 4.17. The van der Waals surface area contributed by atoms with Crippen molar-refractivity contribution in [3.8, 4) is 0 Å². The van der Waals surface area contributed by atoms with Crippen molar-refractivity contribution in [1.29, 1.82) is 0 Å². The van der Waals surface area contributed by atoms with Gasteiger partial charge in [-0.25, -0.2) is 15.0 Å². The SMILES string of the molecule is CNC(=S)NN(Cc1ccc([N+](=O)[O-])cc1)c1nc(C)cc(C)n1. The largest absolute Gasteiger partial charge is 0.364 e. The van der Waals surface area contributed by atoms with E-state index in [1.807, 2.05) is 19.9 Å². The van der Waals surface area contributed by atoms with Crippen molar-refractivity contribution in [2.75, 3.05) is 12.1 Å². The van der Waals surface area contributed by atoms with E-state index in [2.05, 4.69) is 20.7 Å². The van der Waals surface area contributed by atoms with Crippen molar-refractivity contribution in [2.24, 2.45) is 0 Å². The molecule has 0 radical (unpaired) electrons. The minimum atomic E-state index is -0.428. The third-order valence-electron chi connectivity index (χ3n) is 3.16. The van der Waals surface area contributed by atoms with Gasteiger partial charge in [0.2, 0.25) is 5.95 Å². The summed E-state index contributed by atoms with van der Waals surface area (Å²) in [7, 11) is 1.71. The number of anilines is 1. The maximum absolute atomic E-state index is 10.8. The van der Waals surface area contributed by atoms with E-state index in [0.29, 0.717) is 17.6 Å². The number of aryl methyl sites for hydroxylation is 2. The van der Waals surface area contributed by atoms with Crippen LogP contribution < -0.4 is 15.8 Å². The minimum Gasteiger partial charge on any atom is -0.364 e. The molecule has 24 heavy (non-hydrogen) atoms. The van der Waals surface area contributed by atoms with Gasteiger partial charge < -0.3 is 5.32 Å². The Morgan fingerprint density at radius 2 is 1.83 bits per heavy atom. The molecule has 1 aromatic heterocycles. The Balaban J connectivity index is 2.28. The molecule has 1 heterocycles. The first kappa shape index (κ1) is 17.5. The first-order valence-electron chi connectivity index (χ1n) is 7.20. The molecule has 0 aliphatic carbocycles. The van der Waals surface area contributed by atoms with Gasteiger partial charge in [-0.1, -0.05) is 12.1 Å². The second kappa shape index (κ2) is 7.64. The molecule has 0 saturated heterocycles. The average Bonchev–Trinajstić information content (AvgIpc) is 2.53. The first-order valence-corrected chi connectivity index (χ1v) is 7.61. The summed E-state index contributed by atoms with van der Waals surface area (Å²) in [5.74, 6) is 0.475. The normalized spacial score (nSPS) is 10.1. The average molecular weight is 346 g/mol. The molecular weight excluding hydrogens is 328 g/mol. The maximum atomic E-state index is 10.8. The highest BCUT2D eigenvalue weighted by atomic mass is 32.1. The van der Waals surface area contributed by atoms with E-state index in [9.17, 15) is 10.1 Å². The molecule has 0 saturated carbocycles. The Labute approximate surface area is 145 Å². The summed E-state index contributed by atoms with van der Waals surface area (Å²) in [6, 6.07) is 8.19. The highest BCUT2D eigenvalue weighted by Crippen LogP contribution is 2.16. The summed E-state index contributed by atoms with van der Waals surface area (Å²) in [5, 5.41) is 15.7. The van der Waals surface area contributed by atoms with Gasteiger partial charge in [-0.3, -0.25) is 15.5 Å². The lowest BCUT2D eigenvalue weighted by Crippen LogP contribution is -2.46. The van der Waals surface area contributed by atoms with Gasteiger partial charge in [-0.05, 0) is 37.7 Å². The summed E-state index contributed by atoms with van der Waals surface area (Å²) in [5.41, 5.74) is 5.60. The molecule has 0 amide bonds. The van der Waals surface area contributed by atoms with Crippen LogP contribution in [0.5, 0.6) is 0 Å². The molecule has 2 N–H and O–H groups in total. The number of hydrogen-bond donors (Lipinski definition) is 2. The van der Waals surface area contributed by atoms with E-state index in [0.717, 1.165) is 17.0 Å². The van der Waals surface area contributed by atoms with Crippen LogP contribution in [-0.4, -0.2) is 27.1 Å². The van der Waals surface area contributed by atoms with Gasteiger partial charge >= 0.3 is 0 Å². The van der Waals surface area contributed by atoms with E-state index >= 15 is 0 Å². The molecule has 0 spiro atoms. The molecule has 0 atom stereocenters. The number of benzene rings is 1. The van der Waals surface area contributed by atoms with Crippen molar-refractivity contribution in [3.05, 3.63) is 57.4 Å². The van der Waals surface area contributed by atoms with Crippen LogP contribution >= 0.6 is 12.2 Å². The Morgan fingerprint density at radius 3 is 2.33 bits per heavy atom. The zero-order valence-corrected chi connectivity index (χ0v) is 14.4. The molecule has 0 unspecified atom stereocenters. The molecule has 8 nitrogen and oxygen atoms in total. The topological polar surface area (TPSA) is 96.2 Å². The van der Waals surface area contributed by atoms with E-state index < -0.39 is 4.92 Å². The fraction of sp³-hybridized carbons (Fsp3) is 0.267. The van der Waals surface area contributed by atoms with Crippen molar-refractivity contribution < 1.29 is 4.92 Å². The Hall–Kier alpha value is -2.81. The predicted molar refractivity (Wildman–Crippen MR) is 95.6 cm³/mol. The lowest BCUT2D eigenvalue weighted by Gasteiger charge is -2.25. The summed E-state index contributed by atoms with van der Waals surface area (Å²) in [4.78, 5) is 19.2. The fourth-order valence-electron chi connectivity index (χ4n) is 2.07. The zero-order valence-electron chi connectivity index (χ0n) is 13.6. The molecule has 2 aromatic rings. The van der Waals surface area contributed by atoms with Crippen LogP contribution in [0.3, 0.4) is 0 Å². The molecule has 2 rings (SSSR count). The van der Waals surface area contributed by atoms with Crippen molar-refractivity contribution >= 4 is 29.0 Å². The predicted octanol–water partition coefficient (Wildman–Crippen LogP) is 2.02. The number of rotatable bonds is 5. The third-order valence-corrected chi connectivity index (χ3v) is 3.46. The van der Waals surface area contributed by atoms with Crippen LogP contribution in [0.2, 0.25) is 0 Å². The highest BCUT2D eigenvalue weighted by molar-refractivity contribution is 7.80. The second-order valence-corrected chi connectivity index (χ2v) is 5.56.